The Morgan fingerprint density at radius 2 is 2.17 bits per heavy atom. The van der Waals surface area contributed by atoms with E-state index >= 15 is 0 Å². The van der Waals surface area contributed by atoms with Gasteiger partial charge in [0.1, 0.15) is 6.61 Å². The third-order valence-electron chi connectivity index (χ3n) is 6.78. The van der Waals surface area contributed by atoms with Gasteiger partial charge in [-0.1, -0.05) is 38.2 Å². The number of carbonyl (C=O) groups is 1. The maximum Gasteiger partial charge on any atom is 0.338 e. The zero-order valence-corrected chi connectivity index (χ0v) is 14.6. The van der Waals surface area contributed by atoms with Crippen LogP contribution in [0.5, 0.6) is 0 Å². The van der Waals surface area contributed by atoms with Gasteiger partial charge in [-0.2, -0.15) is 0 Å². The number of esters is 1. The molecule has 5 atom stereocenters. The van der Waals surface area contributed by atoms with Gasteiger partial charge >= 0.3 is 5.97 Å². The van der Waals surface area contributed by atoms with Gasteiger partial charge in [-0.3, -0.25) is 0 Å². The Labute approximate surface area is 143 Å². The van der Waals surface area contributed by atoms with Crippen LogP contribution in [-0.2, 0) is 9.53 Å². The van der Waals surface area contributed by atoms with E-state index in [1.807, 2.05) is 13.0 Å². The fourth-order valence-corrected chi connectivity index (χ4v) is 5.20. The molecule has 1 unspecified atom stereocenters. The molecule has 4 nitrogen and oxygen atoms in total. The van der Waals surface area contributed by atoms with Gasteiger partial charge in [-0.05, 0) is 43.1 Å². The lowest BCUT2D eigenvalue weighted by Crippen LogP contribution is -2.57. The van der Waals surface area contributed by atoms with Crippen LogP contribution in [0.4, 0.5) is 0 Å². The summed E-state index contributed by atoms with van der Waals surface area (Å²) in [5.74, 6) is 0.0981. The van der Waals surface area contributed by atoms with E-state index in [0.29, 0.717) is 18.6 Å². The second-order valence-corrected chi connectivity index (χ2v) is 8.07. The zero-order valence-electron chi connectivity index (χ0n) is 14.6. The Hall–Kier alpha value is -1.39. The Bertz CT molecular complexity index is 605. The van der Waals surface area contributed by atoms with Crippen molar-refractivity contribution in [3.63, 3.8) is 0 Å². The molecule has 0 aromatic carbocycles. The minimum atomic E-state index is -0.481. The number of cyclic esters (lactones) is 1. The number of aliphatic hydroxyl groups is 2. The summed E-state index contributed by atoms with van der Waals surface area (Å²) in [5, 5.41) is 20.5. The molecule has 0 amide bonds. The Balaban J connectivity index is 1.92. The molecule has 2 saturated carbocycles. The van der Waals surface area contributed by atoms with Crippen LogP contribution in [0, 0.1) is 22.7 Å². The summed E-state index contributed by atoms with van der Waals surface area (Å²) in [6.45, 7) is 8.87. The molecule has 2 aliphatic carbocycles. The Morgan fingerprint density at radius 3 is 2.79 bits per heavy atom. The molecule has 0 aromatic rings. The number of hydrogen-bond donors (Lipinski definition) is 2. The fourth-order valence-electron chi connectivity index (χ4n) is 5.20. The first-order valence-corrected chi connectivity index (χ1v) is 8.85. The van der Waals surface area contributed by atoms with E-state index in [0.717, 1.165) is 19.3 Å². The first kappa shape index (κ1) is 17.4. The van der Waals surface area contributed by atoms with Gasteiger partial charge in [0, 0.05) is 11.3 Å². The summed E-state index contributed by atoms with van der Waals surface area (Å²) >= 11 is 0. The number of ether oxygens (including phenoxy) is 1. The average molecular weight is 332 g/mol. The molecule has 2 N–H and O–H groups in total. The van der Waals surface area contributed by atoms with Crippen molar-refractivity contribution in [1.82, 2.24) is 0 Å². The molecule has 2 fully saturated rings. The van der Waals surface area contributed by atoms with Crippen LogP contribution in [0.15, 0.2) is 36.0 Å². The SMILES string of the molecule is C=C1CCC2[C@](C)(CO)[C@H](O)CC[C@@]2(C)[C@@H]1/C=C/C1=CCOC1=O. The molecule has 3 rings (SSSR count). The second-order valence-electron chi connectivity index (χ2n) is 8.07. The quantitative estimate of drug-likeness (QED) is 0.616. The highest BCUT2D eigenvalue weighted by Crippen LogP contribution is 2.61. The zero-order chi connectivity index (χ0) is 17.5. The summed E-state index contributed by atoms with van der Waals surface area (Å²) in [4.78, 5) is 11.7. The number of aliphatic hydroxyl groups excluding tert-OH is 2. The molecule has 0 spiro atoms. The van der Waals surface area contributed by atoms with Crippen LogP contribution in [0.1, 0.15) is 39.5 Å². The fraction of sp³-hybridized carbons (Fsp3) is 0.650. The molecule has 1 aliphatic heterocycles. The van der Waals surface area contributed by atoms with E-state index in [4.69, 9.17) is 4.74 Å². The van der Waals surface area contributed by atoms with Crippen molar-refractivity contribution in [3.8, 4) is 0 Å². The predicted molar refractivity (Wildman–Crippen MR) is 92.1 cm³/mol. The van der Waals surface area contributed by atoms with Gasteiger partial charge in [-0.25, -0.2) is 4.79 Å². The lowest BCUT2D eigenvalue weighted by Gasteiger charge is -2.59. The van der Waals surface area contributed by atoms with Gasteiger partial charge in [-0.15, -0.1) is 0 Å². The highest BCUT2D eigenvalue weighted by molar-refractivity contribution is 5.93. The largest absolute Gasteiger partial charge is 0.458 e. The summed E-state index contributed by atoms with van der Waals surface area (Å²) in [5.41, 5.74) is 1.24. The highest BCUT2D eigenvalue weighted by Gasteiger charge is 2.57. The van der Waals surface area contributed by atoms with Crippen molar-refractivity contribution in [2.45, 2.75) is 45.6 Å². The smallest absolute Gasteiger partial charge is 0.338 e. The van der Waals surface area contributed by atoms with Crippen molar-refractivity contribution < 1.29 is 19.7 Å². The molecular weight excluding hydrogens is 304 g/mol. The van der Waals surface area contributed by atoms with E-state index in [2.05, 4.69) is 19.6 Å². The van der Waals surface area contributed by atoms with Crippen molar-refractivity contribution >= 4 is 5.97 Å². The third kappa shape index (κ3) is 2.56. The molecule has 3 aliphatic rings. The van der Waals surface area contributed by atoms with Crippen LogP contribution in [0.2, 0.25) is 0 Å². The summed E-state index contributed by atoms with van der Waals surface area (Å²) in [6, 6.07) is 0. The van der Waals surface area contributed by atoms with E-state index < -0.39 is 11.5 Å². The Morgan fingerprint density at radius 1 is 1.42 bits per heavy atom. The first-order valence-electron chi connectivity index (χ1n) is 8.85. The van der Waals surface area contributed by atoms with Crippen molar-refractivity contribution in [3.05, 3.63) is 36.0 Å². The van der Waals surface area contributed by atoms with Gasteiger partial charge < -0.3 is 14.9 Å². The summed E-state index contributed by atoms with van der Waals surface area (Å²) in [6.07, 6.45) is 8.69. The van der Waals surface area contributed by atoms with Crippen LogP contribution < -0.4 is 0 Å². The van der Waals surface area contributed by atoms with Gasteiger partial charge in [0.2, 0.25) is 0 Å². The standard InChI is InChI=1S/C20H28O4/c1-13-4-7-16-19(2,10-8-17(22)20(16,3)12-21)15(13)6-5-14-9-11-24-18(14)23/h5-6,9,15-17,21-22H,1,4,7-8,10-12H2,2-3H3/b6-5+/t15-,16?,17-,19+,20+/m1/s1. The topological polar surface area (TPSA) is 66.8 Å². The lowest BCUT2D eigenvalue weighted by molar-refractivity contribution is -0.145. The lowest BCUT2D eigenvalue weighted by atomic mass is 9.46. The van der Waals surface area contributed by atoms with Crippen molar-refractivity contribution in [2.75, 3.05) is 13.2 Å². The molecule has 1 heterocycles. The van der Waals surface area contributed by atoms with Crippen molar-refractivity contribution in [2.24, 2.45) is 22.7 Å². The van der Waals surface area contributed by atoms with E-state index in [1.54, 1.807) is 6.08 Å². The number of carbonyl (C=O) groups excluding carboxylic acids is 1. The van der Waals surface area contributed by atoms with Gasteiger partial charge in [0.25, 0.3) is 0 Å². The van der Waals surface area contributed by atoms with Crippen LogP contribution in [0.25, 0.3) is 0 Å². The summed E-state index contributed by atoms with van der Waals surface area (Å²) < 4.78 is 4.96. The molecule has 0 aromatic heterocycles. The summed E-state index contributed by atoms with van der Waals surface area (Å²) in [7, 11) is 0. The molecule has 0 bridgehead atoms. The predicted octanol–water partition coefficient (Wildman–Crippen LogP) is 2.77. The molecule has 4 heteroatoms. The molecule has 0 radical (unpaired) electrons. The number of allylic oxidation sites excluding steroid dienone is 2. The van der Waals surface area contributed by atoms with Gasteiger partial charge in [0.15, 0.2) is 0 Å². The molecular formula is C20H28O4. The minimum absolute atomic E-state index is 0.00515. The molecule has 0 saturated heterocycles. The van der Waals surface area contributed by atoms with Crippen LogP contribution >= 0.6 is 0 Å². The number of hydrogen-bond acceptors (Lipinski definition) is 4. The van der Waals surface area contributed by atoms with Crippen molar-refractivity contribution in [1.29, 1.82) is 0 Å². The molecule has 24 heavy (non-hydrogen) atoms. The second kappa shape index (κ2) is 6.16. The third-order valence-corrected chi connectivity index (χ3v) is 6.78. The maximum atomic E-state index is 11.7. The monoisotopic (exact) mass is 332 g/mol. The van der Waals surface area contributed by atoms with E-state index in [-0.39, 0.29) is 29.8 Å². The highest BCUT2D eigenvalue weighted by atomic mass is 16.5. The average Bonchev–Trinajstić information content (AvgIpc) is 2.96. The Kier molecular flexibility index (Phi) is 4.47. The van der Waals surface area contributed by atoms with Gasteiger partial charge in [0.05, 0.1) is 18.3 Å². The maximum absolute atomic E-state index is 11.7. The van der Waals surface area contributed by atoms with E-state index in [9.17, 15) is 15.0 Å². The normalized spacial score (nSPS) is 42.8. The van der Waals surface area contributed by atoms with Crippen LogP contribution in [0.3, 0.4) is 0 Å². The number of rotatable bonds is 3. The van der Waals surface area contributed by atoms with E-state index in [1.165, 1.54) is 5.57 Å². The minimum Gasteiger partial charge on any atom is -0.458 e. The van der Waals surface area contributed by atoms with Crippen LogP contribution in [-0.4, -0.2) is 35.5 Å². The number of fused-ring (bicyclic) bond motifs is 1. The molecule has 132 valence electrons. The first-order chi connectivity index (χ1) is 11.3.